The van der Waals surface area contributed by atoms with Gasteiger partial charge in [-0.1, -0.05) is 0 Å². The topological polar surface area (TPSA) is 134 Å². The highest BCUT2D eigenvalue weighted by atomic mass is 16.6. The van der Waals surface area contributed by atoms with Crippen molar-refractivity contribution in [1.82, 2.24) is 10.6 Å². The molecule has 0 heterocycles. The highest BCUT2D eigenvalue weighted by molar-refractivity contribution is 5.79. The lowest BCUT2D eigenvalue weighted by molar-refractivity contribution is -0.139. The van der Waals surface area contributed by atoms with Gasteiger partial charge in [-0.2, -0.15) is 0 Å². The molecule has 25 heavy (non-hydrogen) atoms. The molecule has 146 valence electrons. The fraction of sp³-hybridized carbons (Fsp3) is 0.812. The van der Waals surface area contributed by atoms with E-state index in [-0.39, 0.29) is 19.4 Å². The lowest BCUT2D eigenvalue weighted by atomic mass is 10.1. The summed E-state index contributed by atoms with van der Waals surface area (Å²) in [5, 5.41) is 23.6. The molecule has 0 aromatic carbocycles. The van der Waals surface area contributed by atoms with Gasteiger partial charge in [0.15, 0.2) is 0 Å². The van der Waals surface area contributed by atoms with Gasteiger partial charge in [0.25, 0.3) is 0 Å². The van der Waals surface area contributed by atoms with E-state index < -0.39 is 41.5 Å². The van der Waals surface area contributed by atoms with Gasteiger partial charge in [-0.05, 0) is 54.4 Å². The average Bonchev–Trinajstić information content (AvgIpc) is 2.36. The van der Waals surface area contributed by atoms with Gasteiger partial charge in [0.05, 0.1) is 6.10 Å². The molecular formula is C16H30N2O7. The van der Waals surface area contributed by atoms with Crippen LogP contribution in [0.25, 0.3) is 0 Å². The van der Waals surface area contributed by atoms with Crippen LogP contribution in [-0.4, -0.2) is 58.3 Å². The van der Waals surface area contributed by atoms with Gasteiger partial charge in [0.2, 0.25) is 0 Å². The number of hydrogen-bond acceptors (Lipinski definition) is 6. The van der Waals surface area contributed by atoms with Crippen LogP contribution in [0.1, 0.15) is 54.4 Å². The van der Waals surface area contributed by atoms with Crippen LogP contribution in [0.5, 0.6) is 0 Å². The minimum atomic E-state index is -1.24. The minimum Gasteiger partial charge on any atom is -0.480 e. The number of ether oxygens (including phenoxy) is 2. The summed E-state index contributed by atoms with van der Waals surface area (Å²) < 4.78 is 10.0. The summed E-state index contributed by atoms with van der Waals surface area (Å²) in [6.45, 7) is 10.0. The maximum absolute atomic E-state index is 11.6. The summed E-state index contributed by atoms with van der Waals surface area (Å²) in [6, 6.07) is -1.20. The van der Waals surface area contributed by atoms with Crippen molar-refractivity contribution in [2.24, 2.45) is 0 Å². The van der Waals surface area contributed by atoms with Gasteiger partial charge < -0.3 is 30.3 Å². The van der Waals surface area contributed by atoms with Crippen LogP contribution in [0.4, 0.5) is 9.59 Å². The lowest BCUT2D eigenvalue weighted by Crippen LogP contribution is -2.44. The van der Waals surface area contributed by atoms with Gasteiger partial charge in [0, 0.05) is 6.54 Å². The van der Waals surface area contributed by atoms with Crippen LogP contribution in [0.3, 0.4) is 0 Å². The molecule has 9 nitrogen and oxygen atoms in total. The van der Waals surface area contributed by atoms with E-state index in [0.717, 1.165) is 0 Å². The second kappa shape index (κ2) is 9.45. The first kappa shape index (κ1) is 23.0. The normalized spacial score (nSPS) is 14.2. The molecule has 0 aliphatic heterocycles. The largest absolute Gasteiger partial charge is 0.480 e. The van der Waals surface area contributed by atoms with E-state index in [1.807, 2.05) is 0 Å². The van der Waals surface area contributed by atoms with Crippen molar-refractivity contribution in [3.8, 4) is 0 Å². The van der Waals surface area contributed by atoms with E-state index in [4.69, 9.17) is 14.6 Å². The molecule has 0 saturated heterocycles. The highest BCUT2D eigenvalue weighted by Crippen LogP contribution is 2.09. The van der Waals surface area contributed by atoms with E-state index in [9.17, 15) is 19.5 Å². The Labute approximate surface area is 148 Å². The Morgan fingerprint density at radius 3 is 1.84 bits per heavy atom. The van der Waals surface area contributed by atoms with Crippen molar-refractivity contribution >= 4 is 18.2 Å². The zero-order valence-electron chi connectivity index (χ0n) is 15.7. The van der Waals surface area contributed by atoms with Crippen molar-refractivity contribution in [3.63, 3.8) is 0 Å². The van der Waals surface area contributed by atoms with Gasteiger partial charge >= 0.3 is 18.2 Å². The van der Waals surface area contributed by atoms with Crippen LogP contribution in [-0.2, 0) is 14.3 Å². The van der Waals surface area contributed by atoms with E-state index in [2.05, 4.69) is 10.6 Å². The maximum atomic E-state index is 11.6. The summed E-state index contributed by atoms with van der Waals surface area (Å²) in [6.07, 6.45) is -2.46. The molecule has 0 aromatic heterocycles. The van der Waals surface area contributed by atoms with Crippen molar-refractivity contribution in [2.45, 2.75) is 77.7 Å². The monoisotopic (exact) mass is 362 g/mol. The zero-order valence-corrected chi connectivity index (χ0v) is 15.7. The van der Waals surface area contributed by atoms with E-state index in [0.29, 0.717) is 0 Å². The Morgan fingerprint density at radius 2 is 1.40 bits per heavy atom. The second-order valence-electron chi connectivity index (χ2n) is 7.65. The molecule has 0 unspecified atom stereocenters. The van der Waals surface area contributed by atoms with Crippen LogP contribution < -0.4 is 10.6 Å². The molecule has 0 fully saturated rings. The van der Waals surface area contributed by atoms with E-state index in [1.54, 1.807) is 41.5 Å². The molecule has 4 N–H and O–H groups in total. The third-order valence-electron chi connectivity index (χ3n) is 2.66. The Hall–Kier alpha value is -2.03. The van der Waals surface area contributed by atoms with Gasteiger partial charge in [-0.3, -0.25) is 0 Å². The molecule has 2 amide bonds. The zero-order chi connectivity index (χ0) is 19.8. The molecular weight excluding hydrogens is 332 g/mol. The summed E-state index contributed by atoms with van der Waals surface area (Å²) in [5.74, 6) is -1.24. The molecule has 0 bridgehead atoms. The maximum Gasteiger partial charge on any atom is 0.408 e. The molecule has 9 heteroatoms. The lowest BCUT2D eigenvalue weighted by Gasteiger charge is -2.23. The molecule has 0 aliphatic carbocycles. The van der Waals surface area contributed by atoms with Crippen molar-refractivity contribution < 1.29 is 34.1 Å². The third-order valence-corrected chi connectivity index (χ3v) is 2.66. The summed E-state index contributed by atoms with van der Waals surface area (Å²) in [4.78, 5) is 34.3. The molecule has 0 saturated carbocycles. The quantitative estimate of drug-likeness (QED) is 0.541. The second-order valence-corrected chi connectivity index (χ2v) is 7.65. The number of alkyl carbamates (subject to hydrolysis) is 2. The molecule has 0 spiro atoms. The van der Waals surface area contributed by atoms with E-state index >= 15 is 0 Å². The number of aliphatic hydroxyl groups excluding tert-OH is 1. The van der Waals surface area contributed by atoms with Crippen LogP contribution in [0.15, 0.2) is 0 Å². The predicted octanol–water partition coefficient (Wildman–Crippen LogP) is 1.63. The fourth-order valence-electron chi connectivity index (χ4n) is 1.68. The number of aliphatic hydroxyl groups is 1. The van der Waals surface area contributed by atoms with Gasteiger partial charge in [0.1, 0.15) is 17.2 Å². The number of carbonyl (C=O) groups is 3. The van der Waals surface area contributed by atoms with Gasteiger partial charge in [-0.15, -0.1) is 0 Å². The Kier molecular flexibility index (Phi) is 8.68. The molecule has 0 aromatic rings. The number of carboxylic acid groups (broad SMARTS) is 1. The van der Waals surface area contributed by atoms with Crippen molar-refractivity contribution in [2.75, 3.05) is 6.54 Å². The fourth-order valence-corrected chi connectivity index (χ4v) is 1.68. The van der Waals surface area contributed by atoms with Gasteiger partial charge in [-0.25, -0.2) is 14.4 Å². The number of nitrogens with one attached hydrogen (secondary N) is 2. The molecule has 0 rings (SSSR count). The summed E-state index contributed by atoms with van der Waals surface area (Å²) >= 11 is 0. The van der Waals surface area contributed by atoms with Crippen molar-refractivity contribution in [3.05, 3.63) is 0 Å². The standard InChI is InChI=1S/C16H30N2O7/c1-15(2,3)24-13(22)17-9-10(19)7-8-11(12(20)21)18-14(23)25-16(4,5)6/h10-11,19H,7-9H2,1-6H3,(H,17,22)(H,18,23)(H,20,21)/t10-,11+/m1/s1. The van der Waals surface area contributed by atoms with Crippen LogP contribution in [0, 0.1) is 0 Å². The first-order chi connectivity index (χ1) is 11.2. The Balaban J connectivity index is 4.32. The van der Waals surface area contributed by atoms with Crippen molar-refractivity contribution in [1.29, 1.82) is 0 Å². The SMILES string of the molecule is CC(C)(C)OC(=O)NC[C@H](O)CC[C@H](NC(=O)OC(C)(C)C)C(=O)O. The summed E-state index contributed by atoms with van der Waals surface area (Å²) in [7, 11) is 0. The molecule has 0 radical (unpaired) electrons. The first-order valence-electron chi connectivity index (χ1n) is 8.07. The Bertz CT molecular complexity index is 466. The molecule has 0 aliphatic rings. The minimum absolute atomic E-state index is 0.0221. The average molecular weight is 362 g/mol. The smallest absolute Gasteiger partial charge is 0.408 e. The Morgan fingerprint density at radius 1 is 0.920 bits per heavy atom. The number of carboxylic acids is 1. The highest BCUT2D eigenvalue weighted by Gasteiger charge is 2.25. The predicted molar refractivity (Wildman–Crippen MR) is 90.3 cm³/mol. The molecule has 2 atom stereocenters. The number of rotatable bonds is 7. The first-order valence-corrected chi connectivity index (χ1v) is 8.07. The van der Waals surface area contributed by atoms with E-state index in [1.165, 1.54) is 0 Å². The van der Waals surface area contributed by atoms with Crippen LogP contribution in [0.2, 0.25) is 0 Å². The summed E-state index contributed by atoms with van der Waals surface area (Å²) in [5.41, 5.74) is -1.40. The number of amides is 2. The third kappa shape index (κ3) is 13.0. The number of hydrogen-bond donors (Lipinski definition) is 4. The van der Waals surface area contributed by atoms with Crippen LogP contribution >= 0.6 is 0 Å². The number of carbonyl (C=O) groups excluding carboxylic acids is 2. The number of aliphatic carboxylic acids is 1.